The van der Waals surface area contributed by atoms with E-state index in [0.717, 1.165) is 38.3 Å². The van der Waals surface area contributed by atoms with Gasteiger partial charge < -0.3 is 21.2 Å². The summed E-state index contributed by atoms with van der Waals surface area (Å²) < 4.78 is 28.1. The van der Waals surface area contributed by atoms with Gasteiger partial charge in [-0.25, -0.2) is 8.78 Å². The number of anilines is 1. The number of rotatable bonds is 5. The number of H-pyrrole nitrogens is 1. The molecule has 0 bridgehead atoms. The van der Waals surface area contributed by atoms with Gasteiger partial charge in [-0.3, -0.25) is 14.6 Å². The summed E-state index contributed by atoms with van der Waals surface area (Å²) in [5.74, 6) is -2.94. The minimum absolute atomic E-state index is 0. The number of nitrogens with zero attached hydrogens (tertiary/aromatic N) is 2. The van der Waals surface area contributed by atoms with Gasteiger partial charge in [0.2, 0.25) is 5.43 Å². The molecule has 1 saturated heterocycles. The van der Waals surface area contributed by atoms with Crippen LogP contribution in [0.3, 0.4) is 0 Å². The molecule has 1 aromatic heterocycles. The highest BCUT2D eigenvalue weighted by Crippen LogP contribution is 2.31. The molecular weight excluding hydrogens is 392 g/mol. The third-order valence-electron chi connectivity index (χ3n) is 5.57. The Morgan fingerprint density at radius 2 is 1.80 bits per heavy atom. The second-order valence-corrected chi connectivity index (χ2v) is 7.58. The van der Waals surface area contributed by atoms with Gasteiger partial charge in [0.25, 0.3) is 0 Å². The van der Waals surface area contributed by atoms with Crippen molar-refractivity contribution in [3.8, 4) is 17.0 Å². The highest BCUT2D eigenvalue weighted by Gasteiger charge is 2.31. The first-order valence-corrected chi connectivity index (χ1v) is 9.60. The molecule has 162 valence electrons. The molecule has 0 spiro atoms. The molecule has 1 aromatic carbocycles. The molecule has 30 heavy (non-hydrogen) atoms. The molecule has 0 atom stereocenters. The lowest BCUT2D eigenvalue weighted by Gasteiger charge is -2.34. The van der Waals surface area contributed by atoms with Crippen molar-refractivity contribution in [3.05, 3.63) is 45.6 Å². The summed E-state index contributed by atoms with van der Waals surface area (Å²) in [6, 6.07) is 3.91. The van der Waals surface area contributed by atoms with Crippen molar-refractivity contribution in [1.82, 2.24) is 14.8 Å². The smallest absolute Gasteiger partial charge is 0.235 e. The van der Waals surface area contributed by atoms with Gasteiger partial charge in [0, 0.05) is 38.8 Å². The number of pyridine rings is 1. The minimum Gasteiger partial charge on any atom is -0.503 e. The zero-order valence-electron chi connectivity index (χ0n) is 15.8. The lowest BCUT2D eigenvalue weighted by molar-refractivity contribution is 0.139. The van der Waals surface area contributed by atoms with E-state index in [2.05, 4.69) is 14.8 Å². The van der Waals surface area contributed by atoms with E-state index in [1.165, 1.54) is 18.9 Å². The average molecular weight is 419 g/mol. The zero-order chi connectivity index (χ0) is 20.7. The molecule has 5 N–H and O–H groups in total. The molecule has 1 aliphatic carbocycles. The van der Waals surface area contributed by atoms with Crippen LogP contribution >= 0.6 is 0 Å². The van der Waals surface area contributed by atoms with Crippen LogP contribution in [0.15, 0.2) is 23.0 Å². The largest absolute Gasteiger partial charge is 0.503 e. The maximum atomic E-state index is 14.1. The summed E-state index contributed by atoms with van der Waals surface area (Å²) in [7, 11) is 0. The lowest BCUT2D eigenvalue weighted by atomic mass is 10.0. The summed E-state index contributed by atoms with van der Waals surface area (Å²) in [6.45, 7) is 3.60. The number of aromatic amines is 1. The Morgan fingerprint density at radius 3 is 2.37 bits per heavy atom. The van der Waals surface area contributed by atoms with Crippen LogP contribution in [0, 0.1) is 17.0 Å². The van der Waals surface area contributed by atoms with Crippen LogP contribution in [0.4, 0.5) is 14.6 Å². The van der Waals surface area contributed by atoms with Crippen LogP contribution in [0.2, 0.25) is 0 Å². The van der Waals surface area contributed by atoms with Gasteiger partial charge in [-0.15, -0.1) is 0 Å². The fourth-order valence-electron chi connectivity index (χ4n) is 3.86. The number of nitrogens with one attached hydrogen (secondary N) is 2. The number of aromatic hydroxyl groups is 1. The van der Waals surface area contributed by atoms with E-state index >= 15 is 0 Å². The van der Waals surface area contributed by atoms with Gasteiger partial charge in [-0.2, -0.15) is 0 Å². The molecule has 2 fully saturated rings. The fraction of sp³-hybridized carbons (Fsp3) is 0.429. The van der Waals surface area contributed by atoms with Crippen molar-refractivity contribution in [2.24, 2.45) is 0 Å². The third-order valence-corrected chi connectivity index (χ3v) is 5.57. The monoisotopic (exact) mass is 419 g/mol. The van der Waals surface area contributed by atoms with Gasteiger partial charge >= 0.3 is 0 Å². The fourth-order valence-corrected chi connectivity index (χ4v) is 3.86. The van der Waals surface area contributed by atoms with Gasteiger partial charge in [-0.05, 0) is 25.0 Å². The third kappa shape index (κ3) is 4.08. The number of nitrogens with two attached hydrogens (primary N) is 1. The Kier molecular flexibility index (Phi) is 6.23. The first-order valence-electron chi connectivity index (χ1n) is 9.60. The number of halogens is 2. The molecule has 9 heteroatoms. The molecule has 2 heterocycles. The highest BCUT2D eigenvalue weighted by molar-refractivity contribution is 6.04. The van der Waals surface area contributed by atoms with E-state index in [9.17, 15) is 18.7 Å². The van der Waals surface area contributed by atoms with E-state index in [0.29, 0.717) is 6.04 Å². The molecular formula is C21H27F2N5O2. The Bertz CT molecular complexity index is 991. The van der Waals surface area contributed by atoms with Crippen molar-refractivity contribution in [2.45, 2.75) is 26.3 Å². The molecule has 1 saturated carbocycles. The summed E-state index contributed by atoms with van der Waals surface area (Å²) in [5, 5.41) is 18.6. The molecule has 1 aliphatic heterocycles. The van der Waals surface area contributed by atoms with Crippen LogP contribution in [-0.2, 0) is 0 Å². The summed E-state index contributed by atoms with van der Waals surface area (Å²) >= 11 is 0. The van der Waals surface area contributed by atoms with Crippen molar-refractivity contribution < 1.29 is 13.9 Å². The molecule has 0 radical (unpaired) electrons. The molecule has 0 amide bonds. The molecule has 2 aliphatic rings. The SMILES string of the molecule is C.N=C(CN1CCN(C2CC2)CC1)c1c(N)[nH]c(-c2c(F)cccc2F)c(O)c1=O. The standard InChI is InChI=1S/C20H23F2N5O2.CH4/c21-12-2-1-3-13(22)15(12)17-19(29)18(28)16(20(24)25-17)14(23)10-26-6-8-27(9-7-26)11-4-5-11;/h1-3,11,23,29H,4-10H2,(H3,24,25,28);1H4. The van der Waals surface area contributed by atoms with E-state index in [4.69, 9.17) is 11.1 Å². The lowest BCUT2D eigenvalue weighted by Crippen LogP contribution is -2.48. The Morgan fingerprint density at radius 1 is 1.20 bits per heavy atom. The molecule has 7 nitrogen and oxygen atoms in total. The van der Waals surface area contributed by atoms with Crippen molar-refractivity contribution in [2.75, 3.05) is 38.5 Å². The number of hydrogen-bond acceptors (Lipinski definition) is 6. The summed E-state index contributed by atoms with van der Waals surface area (Å²) in [4.78, 5) is 19.7. The first-order chi connectivity index (χ1) is 13.9. The number of benzene rings is 1. The van der Waals surface area contributed by atoms with Crippen molar-refractivity contribution >= 4 is 11.5 Å². The predicted octanol–water partition coefficient (Wildman–Crippen LogP) is 2.39. The van der Waals surface area contributed by atoms with Crippen LogP contribution in [0.5, 0.6) is 5.75 Å². The minimum atomic E-state index is -0.938. The number of hydrogen-bond donors (Lipinski definition) is 4. The quantitative estimate of drug-likeness (QED) is 0.557. The molecule has 2 aromatic rings. The van der Waals surface area contributed by atoms with Gasteiger partial charge in [0.05, 0.1) is 22.5 Å². The van der Waals surface area contributed by atoms with E-state index in [1.54, 1.807) is 0 Å². The number of nitrogen functional groups attached to an aromatic ring is 1. The summed E-state index contributed by atoms with van der Waals surface area (Å²) in [5.41, 5.74) is 3.79. The molecule has 0 unspecified atom stereocenters. The second-order valence-electron chi connectivity index (χ2n) is 7.58. The van der Waals surface area contributed by atoms with Gasteiger partial charge in [0.15, 0.2) is 5.75 Å². The van der Waals surface area contributed by atoms with Crippen LogP contribution in [0.25, 0.3) is 11.3 Å². The Hall–Kier alpha value is -2.78. The Balaban J connectivity index is 0.00000256. The first kappa shape index (κ1) is 21.9. The van der Waals surface area contributed by atoms with E-state index in [-0.39, 0.29) is 31.1 Å². The maximum absolute atomic E-state index is 14.1. The second kappa shape index (κ2) is 8.53. The van der Waals surface area contributed by atoms with E-state index in [1.807, 2.05) is 0 Å². The number of aromatic nitrogens is 1. The predicted molar refractivity (Wildman–Crippen MR) is 113 cm³/mol. The number of piperazine rings is 1. The van der Waals surface area contributed by atoms with Gasteiger partial charge in [-0.1, -0.05) is 13.5 Å². The van der Waals surface area contributed by atoms with Crippen LogP contribution in [-0.4, -0.2) is 64.4 Å². The van der Waals surface area contributed by atoms with Crippen molar-refractivity contribution in [3.63, 3.8) is 0 Å². The topological polar surface area (TPSA) is 109 Å². The summed E-state index contributed by atoms with van der Waals surface area (Å²) in [6.07, 6.45) is 2.49. The normalized spacial score (nSPS) is 17.5. The van der Waals surface area contributed by atoms with E-state index < -0.39 is 34.1 Å². The van der Waals surface area contributed by atoms with Crippen LogP contribution < -0.4 is 11.2 Å². The molecule has 4 rings (SSSR count). The van der Waals surface area contributed by atoms with Crippen molar-refractivity contribution in [1.29, 1.82) is 5.41 Å². The highest BCUT2D eigenvalue weighted by atomic mass is 19.1. The Labute approximate surface area is 173 Å². The van der Waals surface area contributed by atoms with Crippen LogP contribution in [0.1, 0.15) is 25.8 Å². The average Bonchev–Trinajstić information content (AvgIpc) is 3.51. The maximum Gasteiger partial charge on any atom is 0.235 e. The zero-order valence-corrected chi connectivity index (χ0v) is 15.8. The van der Waals surface area contributed by atoms with Gasteiger partial charge in [0.1, 0.15) is 17.5 Å².